The number of likely N-dealkylation sites (tertiary alicyclic amines) is 1. The van der Waals surface area contributed by atoms with Gasteiger partial charge in [-0.3, -0.25) is 4.79 Å². The van der Waals surface area contributed by atoms with Crippen LogP contribution < -0.4 is 0 Å². The summed E-state index contributed by atoms with van der Waals surface area (Å²) in [6.45, 7) is 1.31. The number of esters is 1. The fourth-order valence-corrected chi connectivity index (χ4v) is 2.74. The lowest BCUT2D eigenvalue weighted by Crippen LogP contribution is -2.38. The van der Waals surface area contributed by atoms with Crippen LogP contribution in [0.4, 0.5) is 0 Å². The Bertz CT molecular complexity index is 764. The summed E-state index contributed by atoms with van der Waals surface area (Å²) in [6.07, 6.45) is 6.10. The van der Waals surface area contributed by atoms with E-state index in [1.807, 2.05) is 36.4 Å². The van der Waals surface area contributed by atoms with Gasteiger partial charge in [0.2, 0.25) is 0 Å². The molecule has 5 heteroatoms. The predicted octanol–water partition coefficient (Wildman–Crippen LogP) is 2.80. The molecule has 2 heterocycles. The Morgan fingerprint density at radius 1 is 1.08 bits per heavy atom. The molecule has 2 aromatic rings. The smallest absolute Gasteiger partial charge is 0.331 e. The van der Waals surface area contributed by atoms with E-state index in [1.165, 1.54) is 6.08 Å². The zero-order valence-electron chi connectivity index (χ0n) is 13.5. The van der Waals surface area contributed by atoms with Crippen molar-refractivity contribution in [3.63, 3.8) is 0 Å². The van der Waals surface area contributed by atoms with E-state index in [-0.39, 0.29) is 12.5 Å². The molecule has 3 rings (SSSR count). The number of piperidine rings is 1. The van der Waals surface area contributed by atoms with Crippen molar-refractivity contribution in [1.82, 2.24) is 9.88 Å². The minimum Gasteiger partial charge on any atom is -0.452 e. The third kappa shape index (κ3) is 4.19. The van der Waals surface area contributed by atoms with Gasteiger partial charge in [0.1, 0.15) is 0 Å². The number of benzene rings is 1. The lowest BCUT2D eigenvalue weighted by Gasteiger charge is -2.26. The van der Waals surface area contributed by atoms with Gasteiger partial charge < -0.3 is 9.64 Å². The minimum absolute atomic E-state index is 0.125. The fourth-order valence-electron chi connectivity index (χ4n) is 2.74. The highest BCUT2D eigenvalue weighted by atomic mass is 16.5. The number of fused-ring (bicyclic) bond motifs is 1. The number of amides is 1. The molecule has 0 bridgehead atoms. The Balaban J connectivity index is 1.53. The quantitative estimate of drug-likeness (QED) is 0.641. The summed E-state index contributed by atoms with van der Waals surface area (Å²) in [5, 5.41) is 1.05. The van der Waals surface area contributed by atoms with E-state index in [1.54, 1.807) is 11.0 Å². The zero-order chi connectivity index (χ0) is 16.8. The molecule has 0 radical (unpaired) electrons. The first-order valence-electron chi connectivity index (χ1n) is 8.21. The number of ether oxygens (including phenoxy) is 1. The summed E-state index contributed by atoms with van der Waals surface area (Å²) >= 11 is 0. The van der Waals surface area contributed by atoms with Gasteiger partial charge in [0, 0.05) is 24.6 Å². The van der Waals surface area contributed by atoms with Crippen molar-refractivity contribution in [3.05, 3.63) is 48.2 Å². The molecule has 1 aliphatic rings. The zero-order valence-corrected chi connectivity index (χ0v) is 13.5. The van der Waals surface area contributed by atoms with Crippen LogP contribution >= 0.6 is 0 Å². The molecule has 0 N–H and O–H groups in total. The molecular formula is C19H20N2O3. The number of aromatic nitrogens is 1. The number of rotatable bonds is 4. The Morgan fingerprint density at radius 3 is 2.71 bits per heavy atom. The maximum Gasteiger partial charge on any atom is 0.331 e. The second-order valence-corrected chi connectivity index (χ2v) is 5.81. The van der Waals surface area contributed by atoms with E-state index in [2.05, 4.69) is 4.98 Å². The molecule has 0 spiro atoms. The molecule has 1 amide bonds. The molecule has 0 atom stereocenters. The summed E-state index contributed by atoms with van der Waals surface area (Å²) in [5.74, 6) is -0.657. The SMILES string of the molecule is O=C(/C=C/c1ccc2ccccc2n1)OCC(=O)N1CCCCC1. The number of carbonyl (C=O) groups is 2. The van der Waals surface area contributed by atoms with Crippen LogP contribution in [-0.4, -0.2) is 41.5 Å². The fraction of sp³-hybridized carbons (Fsp3) is 0.316. The third-order valence-electron chi connectivity index (χ3n) is 4.06. The van der Waals surface area contributed by atoms with Gasteiger partial charge in [-0.25, -0.2) is 9.78 Å². The van der Waals surface area contributed by atoms with E-state index in [0.717, 1.165) is 43.3 Å². The highest BCUT2D eigenvalue weighted by Crippen LogP contribution is 2.12. The number of pyridine rings is 1. The van der Waals surface area contributed by atoms with Crippen LogP contribution in [0.1, 0.15) is 25.0 Å². The van der Waals surface area contributed by atoms with Gasteiger partial charge in [-0.05, 0) is 37.5 Å². The lowest BCUT2D eigenvalue weighted by atomic mass is 10.1. The van der Waals surface area contributed by atoms with Crippen molar-refractivity contribution in [2.24, 2.45) is 0 Å². The topological polar surface area (TPSA) is 59.5 Å². The van der Waals surface area contributed by atoms with Crippen molar-refractivity contribution in [3.8, 4) is 0 Å². The van der Waals surface area contributed by atoms with Crippen molar-refractivity contribution < 1.29 is 14.3 Å². The van der Waals surface area contributed by atoms with Crippen molar-refractivity contribution in [1.29, 1.82) is 0 Å². The maximum atomic E-state index is 11.9. The van der Waals surface area contributed by atoms with Gasteiger partial charge in [-0.15, -0.1) is 0 Å². The van der Waals surface area contributed by atoms with E-state index < -0.39 is 5.97 Å². The van der Waals surface area contributed by atoms with E-state index in [0.29, 0.717) is 5.69 Å². The third-order valence-corrected chi connectivity index (χ3v) is 4.06. The standard InChI is InChI=1S/C19H20N2O3/c22-18(21-12-4-1-5-13-21)14-24-19(23)11-10-16-9-8-15-6-2-3-7-17(15)20-16/h2-3,6-11H,1,4-5,12-14H2/b11-10+. The van der Waals surface area contributed by atoms with E-state index in [4.69, 9.17) is 4.74 Å². The van der Waals surface area contributed by atoms with Gasteiger partial charge in [0.15, 0.2) is 6.61 Å². The molecule has 1 saturated heterocycles. The van der Waals surface area contributed by atoms with Crippen LogP contribution in [0.3, 0.4) is 0 Å². The highest BCUT2D eigenvalue weighted by molar-refractivity contribution is 5.89. The van der Waals surface area contributed by atoms with Gasteiger partial charge in [0.05, 0.1) is 11.2 Å². The molecule has 5 nitrogen and oxygen atoms in total. The first-order valence-corrected chi connectivity index (χ1v) is 8.21. The van der Waals surface area contributed by atoms with E-state index >= 15 is 0 Å². The summed E-state index contributed by atoms with van der Waals surface area (Å²) in [7, 11) is 0. The first kappa shape index (κ1) is 16.2. The number of carbonyl (C=O) groups excluding carboxylic acids is 2. The second-order valence-electron chi connectivity index (χ2n) is 5.81. The average molecular weight is 324 g/mol. The maximum absolute atomic E-state index is 11.9. The first-order chi connectivity index (χ1) is 11.7. The average Bonchev–Trinajstić information content (AvgIpc) is 2.65. The van der Waals surface area contributed by atoms with Gasteiger partial charge in [-0.2, -0.15) is 0 Å². The Kier molecular flexibility index (Phi) is 5.21. The van der Waals surface area contributed by atoms with Crippen LogP contribution in [0.15, 0.2) is 42.5 Å². The molecule has 1 fully saturated rings. The summed E-state index contributed by atoms with van der Waals surface area (Å²) < 4.78 is 5.02. The van der Waals surface area contributed by atoms with Crippen LogP contribution in [0, 0.1) is 0 Å². The number of hydrogen-bond donors (Lipinski definition) is 0. The van der Waals surface area contributed by atoms with Crippen LogP contribution in [-0.2, 0) is 14.3 Å². The van der Waals surface area contributed by atoms with Crippen LogP contribution in [0.5, 0.6) is 0 Å². The minimum atomic E-state index is -0.532. The molecule has 24 heavy (non-hydrogen) atoms. The van der Waals surface area contributed by atoms with Crippen molar-refractivity contribution >= 4 is 28.9 Å². The molecular weight excluding hydrogens is 304 g/mol. The monoisotopic (exact) mass is 324 g/mol. The summed E-state index contributed by atoms with van der Waals surface area (Å²) in [4.78, 5) is 29.9. The van der Waals surface area contributed by atoms with Crippen LogP contribution in [0.2, 0.25) is 0 Å². The Labute approximate surface area is 140 Å². The number of para-hydroxylation sites is 1. The second kappa shape index (κ2) is 7.73. The summed E-state index contributed by atoms with van der Waals surface area (Å²) in [6, 6.07) is 11.6. The molecule has 1 aromatic heterocycles. The molecule has 0 saturated carbocycles. The lowest BCUT2D eigenvalue weighted by molar-refractivity contribution is -0.148. The molecule has 0 aliphatic carbocycles. The van der Waals surface area contributed by atoms with Crippen LogP contribution in [0.25, 0.3) is 17.0 Å². The largest absolute Gasteiger partial charge is 0.452 e. The number of nitrogens with zero attached hydrogens (tertiary/aromatic N) is 2. The molecule has 124 valence electrons. The molecule has 1 aliphatic heterocycles. The van der Waals surface area contributed by atoms with Gasteiger partial charge in [-0.1, -0.05) is 24.3 Å². The summed E-state index contributed by atoms with van der Waals surface area (Å²) in [5.41, 5.74) is 1.54. The highest BCUT2D eigenvalue weighted by Gasteiger charge is 2.17. The number of hydrogen-bond acceptors (Lipinski definition) is 4. The van der Waals surface area contributed by atoms with Crippen molar-refractivity contribution in [2.75, 3.05) is 19.7 Å². The van der Waals surface area contributed by atoms with Gasteiger partial charge in [0.25, 0.3) is 5.91 Å². The normalized spacial score (nSPS) is 14.9. The van der Waals surface area contributed by atoms with Gasteiger partial charge >= 0.3 is 5.97 Å². The predicted molar refractivity (Wildman–Crippen MR) is 92.2 cm³/mol. The van der Waals surface area contributed by atoms with Crippen molar-refractivity contribution in [2.45, 2.75) is 19.3 Å². The molecule has 0 unspecified atom stereocenters. The molecule has 1 aromatic carbocycles. The Hall–Kier alpha value is -2.69. The Morgan fingerprint density at radius 2 is 1.88 bits per heavy atom. The van der Waals surface area contributed by atoms with E-state index in [9.17, 15) is 9.59 Å².